The Morgan fingerprint density at radius 1 is 1.16 bits per heavy atom. The van der Waals surface area contributed by atoms with Crippen molar-refractivity contribution in [2.75, 3.05) is 31.2 Å². The van der Waals surface area contributed by atoms with Crippen molar-refractivity contribution in [1.82, 2.24) is 30.0 Å². The standard InChI is InChI=1S/C28H33N7O3/c1-16(2)35-26-25(19(5)33-35)21(27(36)30-15-22-17(3)12-18(4)31-28(22)37)13-23(32-26)20-6-7-24(29-14-20)34-8-10-38-11-9-34/h6-7,12-14,16H,8-11,15H2,1-5H3,(H,30,36)(H,31,37). The fourth-order valence-corrected chi connectivity index (χ4v) is 4.88. The Kier molecular flexibility index (Phi) is 6.98. The van der Waals surface area contributed by atoms with E-state index in [2.05, 4.69) is 25.3 Å². The lowest BCUT2D eigenvalue weighted by Gasteiger charge is -2.27. The number of aryl methyl sites for hydroxylation is 3. The summed E-state index contributed by atoms with van der Waals surface area (Å²) in [6.45, 7) is 12.8. The predicted molar refractivity (Wildman–Crippen MR) is 147 cm³/mol. The molecule has 1 aliphatic rings. The van der Waals surface area contributed by atoms with Crippen LogP contribution in [0.5, 0.6) is 0 Å². The molecule has 38 heavy (non-hydrogen) atoms. The van der Waals surface area contributed by atoms with Crippen LogP contribution in [0.1, 0.15) is 52.8 Å². The number of hydrogen-bond acceptors (Lipinski definition) is 7. The van der Waals surface area contributed by atoms with E-state index in [1.807, 2.05) is 57.5 Å². The summed E-state index contributed by atoms with van der Waals surface area (Å²) in [5.41, 5.74) is 5.23. The zero-order chi connectivity index (χ0) is 27.0. The van der Waals surface area contributed by atoms with E-state index in [0.717, 1.165) is 41.4 Å². The van der Waals surface area contributed by atoms with Gasteiger partial charge in [0, 0.05) is 48.7 Å². The maximum Gasteiger partial charge on any atom is 0.253 e. The van der Waals surface area contributed by atoms with E-state index in [-0.39, 0.29) is 24.1 Å². The van der Waals surface area contributed by atoms with Crippen LogP contribution in [0.2, 0.25) is 0 Å². The molecule has 1 aliphatic heterocycles. The van der Waals surface area contributed by atoms with E-state index in [4.69, 9.17) is 9.72 Å². The Morgan fingerprint density at radius 2 is 1.92 bits per heavy atom. The van der Waals surface area contributed by atoms with Crippen LogP contribution in [0.15, 0.2) is 35.3 Å². The number of aromatic amines is 1. The Morgan fingerprint density at radius 3 is 2.58 bits per heavy atom. The van der Waals surface area contributed by atoms with E-state index in [0.29, 0.717) is 41.1 Å². The third-order valence-corrected chi connectivity index (χ3v) is 6.87. The molecule has 10 nitrogen and oxygen atoms in total. The zero-order valence-electron chi connectivity index (χ0n) is 22.5. The quantitative estimate of drug-likeness (QED) is 0.404. The fraction of sp³-hybridized carbons (Fsp3) is 0.393. The summed E-state index contributed by atoms with van der Waals surface area (Å²) in [7, 11) is 0. The minimum Gasteiger partial charge on any atom is -0.378 e. The van der Waals surface area contributed by atoms with E-state index in [1.165, 1.54) is 0 Å². The minimum atomic E-state index is -0.290. The van der Waals surface area contributed by atoms with Gasteiger partial charge >= 0.3 is 0 Å². The number of ether oxygens (including phenoxy) is 1. The summed E-state index contributed by atoms with van der Waals surface area (Å²) in [6, 6.07) is 7.70. The van der Waals surface area contributed by atoms with Gasteiger partial charge in [-0.2, -0.15) is 5.10 Å². The number of nitrogens with one attached hydrogen (secondary N) is 2. The molecule has 0 bridgehead atoms. The molecule has 1 fully saturated rings. The van der Waals surface area contributed by atoms with Gasteiger partial charge in [-0.05, 0) is 64.4 Å². The zero-order valence-corrected chi connectivity index (χ0v) is 22.5. The number of nitrogens with zero attached hydrogens (tertiary/aromatic N) is 5. The third kappa shape index (κ3) is 4.91. The van der Waals surface area contributed by atoms with Gasteiger partial charge in [-0.15, -0.1) is 0 Å². The van der Waals surface area contributed by atoms with Gasteiger partial charge in [-0.3, -0.25) is 9.59 Å². The second-order valence-electron chi connectivity index (χ2n) is 10.0. The molecular formula is C28H33N7O3. The normalized spacial score (nSPS) is 13.9. The van der Waals surface area contributed by atoms with Crippen molar-refractivity contribution < 1.29 is 9.53 Å². The lowest BCUT2D eigenvalue weighted by atomic mass is 10.1. The molecule has 0 aliphatic carbocycles. The average molecular weight is 516 g/mol. The van der Waals surface area contributed by atoms with Crippen LogP contribution in [0.25, 0.3) is 22.3 Å². The molecule has 0 aromatic carbocycles. The molecule has 0 radical (unpaired) electrons. The SMILES string of the molecule is Cc1cc(C)c(CNC(=O)c2cc(-c3ccc(N4CCOCC4)nc3)nc3c2c(C)nn3C(C)C)c(=O)[nH]1. The highest BCUT2D eigenvalue weighted by molar-refractivity contribution is 6.07. The Hall–Kier alpha value is -4.05. The van der Waals surface area contributed by atoms with Crippen molar-refractivity contribution >= 4 is 22.8 Å². The fourth-order valence-electron chi connectivity index (χ4n) is 4.88. The molecule has 10 heteroatoms. The number of rotatable bonds is 6. The van der Waals surface area contributed by atoms with Crippen molar-refractivity contribution in [3.8, 4) is 11.3 Å². The number of hydrogen-bond donors (Lipinski definition) is 2. The average Bonchev–Trinajstić information content (AvgIpc) is 3.24. The highest BCUT2D eigenvalue weighted by Crippen LogP contribution is 2.29. The van der Waals surface area contributed by atoms with Gasteiger partial charge in [0.2, 0.25) is 0 Å². The van der Waals surface area contributed by atoms with Gasteiger partial charge in [-0.1, -0.05) is 0 Å². The Bertz CT molecular complexity index is 1550. The van der Waals surface area contributed by atoms with Gasteiger partial charge < -0.3 is 19.9 Å². The van der Waals surface area contributed by atoms with E-state index in [9.17, 15) is 9.59 Å². The summed E-state index contributed by atoms with van der Waals surface area (Å²) in [5, 5.41) is 8.33. The molecule has 4 aromatic heterocycles. The van der Waals surface area contributed by atoms with Crippen LogP contribution < -0.4 is 15.8 Å². The first-order chi connectivity index (χ1) is 18.2. The largest absolute Gasteiger partial charge is 0.378 e. The van der Waals surface area contributed by atoms with Gasteiger partial charge in [0.15, 0.2) is 5.65 Å². The van der Waals surface area contributed by atoms with Gasteiger partial charge in [0.1, 0.15) is 5.82 Å². The maximum absolute atomic E-state index is 13.6. The molecule has 198 valence electrons. The van der Waals surface area contributed by atoms with Crippen LogP contribution in [0, 0.1) is 20.8 Å². The van der Waals surface area contributed by atoms with E-state index >= 15 is 0 Å². The minimum absolute atomic E-state index is 0.0560. The maximum atomic E-state index is 13.6. The molecule has 4 aromatic rings. The van der Waals surface area contributed by atoms with E-state index < -0.39 is 0 Å². The smallest absolute Gasteiger partial charge is 0.253 e. The molecule has 0 unspecified atom stereocenters. The molecular weight excluding hydrogens is 482 g/mol. The lowest BCUT2D eigenvalue weighted by molar-refractivity contribution is 0.0952. The molecule has 0 saturated carbocycles. The first-order valence-electron chi connectivity index (χ1n) is 12.9. The number of pyridine rings is 3. The van der Waals surface area contributed by atoms with Crippen molar-refractivity contribution in [3.05, 3.63) is 68.9 Å². The van der Waals surface area contributed by atoms with E-state index in [1.54, 1.807) is 12.3 Å². The summed E-state index contributed by atoms with van der Waals surface area (Å²) in [5.74, 6) is 0.597. The number of carbonyl (C=O) groups excluding carboxylic acids is 1. The highest BCUT2D eigenvalue weighted by Gasteiger charge is 2.22. The number of aromatic nitrogens is 5. The number of morpholine rings is 1. The molecule has 5 rings (SSSR count). The van der Waals surface area contributed by atoms with Crippen molar-refractivity contribution in [1.29, 1.82) is 0 Å². The lowest BCUT2D eigenvalue weighted by Crippen LogP contribution is -2.36. The summed E-state index contributed by atoms with van der Waals surface area (Å²) in [4.78, 5) is 40.6. The number of fused-ring (bicyclic) bond motifs is 1. The van der Waals surface area contributed by atoms with Crippen LogP contribution in [-0.2, 0) is 11.3 Å². The Balaban J connectivity index is 1.53. The summed E-state index contributed by atoms with van der Waals surface area (Å²) < 4.78 is 7.29. The molecule has 1 amide bonds. The van der Waals surface area contributed by atoms with Crippen molar-refractivity contribution in [3.63, 3.8) is 0 Å². The van der Waals surface area contributed by atoms with Crippen LogP contribution in [0.4, 0.5) is 5.82 Å². The van der Waals surface area contributed by atoms with Crippen LogP contribution in [0.3, 0.4) is 0 Å². The van der Waals surface area contributed by atoms with Crippen molar-refractivity contribution in [2.24, 2.45) is 0 Å². The van der Waals surface area contributed by atoms with Crippen LogP contribution in [-0.4, -0.2) is 56.9 Å². The first kappa shape index (κ1) is 25.6. The Labute approximate surface area is 221 Å². The van der Waals surface area contributed by atoms with Crippen molar-refractivity contribution in [2.45, 2.75) is 47.2 Å². The predicted octanol–water partition coefficient (Wildman–Crippen LogP) is 3.45. The molecule has 1 saturated heterocycles. The highest BCUT2D eigenvalue weighted by atomic mass is 16.5. The monoisotopic (exact) mass is 515 g/mol. The molecule has 0 spiro atoms. The summed E-state index contributed by atoms with van der Waals surface area (Å²) >= 11 is 0. The second-order valence-corrected chi connectivity index (χ2v) is 10.0. The first-order valence-corrected chi connectivity index (χ1v) is 12.9. The number of anilines is 1. The second kappa shape index (κ2) is 10.4. The summed E-state index contributed by atoms with van der Waals surface area (Å²) in [6.07, 6.45) is 1.79. The molecule has 2 N–H and O–H groups in total. The topological polar surface area (TPSA) is 118 Å². The van der Waals surface area contributed by atoms with Gasteiger partial charge in [0.05, 0.1) is 35.6 Å². The van der Waals surface area contributed by atoms with Gasteiger partial charge in [0.25, 0.3) is 11.5 Å². The van der Waals surface area contributed by atoms with Crippen LogP contribution >= 0.6 is 0 Å². The molecule has 5 heterocycles. The number of H-pyrrole nitrogens is 1. The number of carbonyl (C=O) groups is 1. The molecule has 0 atom stereocenters. The van der Waals surface area contributed by atoms with Gasteiger partial charge in [-0.25, -0.2) is 14.6 Å². The number of amides is 1. The third-order valence-electron chi connectivity index (χ3n) is 6.87.